The summed E-state index contributed by atoms with van der Waals surface area (Å²) in [5.41, 5.74) is 5.81. The lowest BCUT2D eigenvalue weighted by molar-refractivity contribution is 0.0696. The molecule has 0 heterocycles. The first-order chi connectivity index (χ1) is 8.44. The summed E-state index contributed by atoms with van der Waals surface area (Å²) in [6.45, 7) is -0.120. The van der Waals surface area contributed by atoms with E-state index in [1.54, 1.807) is 0 Å². The summed E-state index contributed by atoms with van der Waals surface area (Å²) in [6.07, 6.45) is 0. The van der Waals surface area contributed by atoms with E-state index in [2.05, 4.69) is 4.52 Å². The molecular weight excluding hydrogens is 261 g/mol. The zero-order valence-electron chi connectivity index (χ0n) is 9.48. The third-order valence-corrected chi connectivity index (χ3v) is 2.93. The third kappa shape index (κ3) is 4.95. The van der Waals surface area contributed by atoms with Crippen molar-refractivity contribution in [1.82, 2.24) is 0 Å². The van der Waals surface area contributed by atoms with Crippen LogP contribution < -0.4 is 5.73 Å². The van der Waals surface area contributed by atoms with Gasteiger partial charge in [0.15, 0.2) is 0 Å². The van der Waals surface area contributed by atoms with Crippen LogP contribution in [-0.4, -0.2) is 29.1 Å². The van der Waals surface area contributed by atoms with Gasteiger partial charge in [-0.25, -0.2) is 9.36 Å². The molecule has 1 unspecified atom stereocenters. The zero-order chi connectivity index (χ0) is 13.6. The van der Waals surface area contributed by atoms with Crippen LogP contribution in [0.15, 0.2) is 24.3 Å². The van der Waals surface area contributed by atoms with E-state index in [1.807, 2.05) is 0 Å². The molecule has 4 N–H and O–H groups in total. The highest BCUT2D eigenvalue weighted by Crippen LogP contribution is 2.43. The Hall–Kier alpha value is -1.24. The fourth-order valence-electron chi connectivity index (χ4n) is 1.10. The predicted octanol–water partition coefficient (Wildman–Crippen LogP) is 0.977. The third-order valence-electron chi connectivity index (χ3n) is 1.97. The Balaban J connectivity index is 2.53. The van der Waals surface area contributed by atoms with Gasteiger partial charge < -0.3 is 15.7 Å². The van der Waals surface area contributed by atoms with Crippen molar-refractivity contribution in [3.05, 3.63) is 35.4 Å². The van der Waals surface area contributed by atoms with E-state index in [0.29, 0.717) is 5.56 Å². The largest absolute Gasteiger partial charge is 0.478 e. The number of benzene rings is 1. The van der Waals surface area contributed by atoms with Crippen molar-refractivity contribution in [3.63, 3.8) is 0 Å². The SMILES string of the molecule is NCCOP(=O)(O)OCc1ccc(C(=O)O)cc1. The van der Waals surface area contributed by atoms with E-state index in [-0.39, 0.29) is 25.3 Å². The molecule has 0 bridgehead atoms. The molecule has 0 aliphatic carbocycles. The standard InChI is InChI=1S/C10H14NO6P/c11-5-6-16-18(14,15)17-7-8-1-3-9(4-2-8)10(12)13/h1-4H,5-7,11H2,(H,12,13)(H,14,15). The number of phosphoric acid groups is 1. The average molecular weight is 275 g/mol. The van der Waals surface area contributed by atoms with Crippen molar-refractivity contribution in [3.8, 4) is 0 Å². The molecule has 0 aromatic heterocycles. The molecule has 8 heteroatoms. The Morgan fingerprint density at radius 2 is 1.89 bits per heavy atom. The van der Waals surface area contributed by atoms with Gasteiger partial charge in [-0.2, -0.15) is 0 Å². The number of carbonyl (C=O) groups is 1. The van der Waals surface area contributed by atoms with Crippen LogP contribution in [0.4, 0.5) is 0 Å². The van der Waals surface area contributed by atoms with E-state index in [9.17, 15) is 14.3 Å². The Kier molecular flexibility index (Phi) is 5.46. The summed E-state index contributed by atoms with van der Waals surface area (Å²) in [5, 5.41) is 8.68. The van der Waals surface area contributed by atoms with Crippen LogP contribution in [0.5, 0.6) is 0 Å². The van der Waals surface area contributed by atoms with Gasteiger partial charge in [-0.15, -0.1) is 0 Å². The molecule has 1 rings (SSSR count). The van der Waals surface area contributed by atoms with Crippen molar-refractivity contribution in [2.24, 2.45) is 5.73 Å². The first kappa shape index (κ1) is 14.8. The number of phosphoric ester groups is 1. The topological polar surface area (TPSA) is 119 Å². The molecular formula is C10H14NO6P. The van der Waals surface area contributed by atoms with Crippen molar-refractivity contribution in [2.75, 3.05) is 13.2 Å². The Labute approximate surface area is 104 Å². The number of carboxylic acids is 1. The second kappa shape index (κ2) is 6.63. The van der Waals surface area contributed by atoms with Gasteiger partial charge in [0.1, 0.15) is 0 Å². The maximum atomic E-state index is 11.3. The Morgan fingerprint density at radius 1 is 1.28 bits per heavy atom. The summed E-state index contributed by atoms with van der Waals surface area (Å²) in [4.78, 5) is 19.8. The zero-order valence-corrected chi connectivity index (χ0v) is 10.4. The molecule has 1 aromatic carbocycles. The molecule has 0 radical (unpaired) electrons. The quantitative estimate of drug-likeness (QED) is 0.634. The minimum Gasteiger partial charge on any atom is -0.478 e. The van der Waals surface area contributed by atoms with Crippen LogP contribution in [0, 0.1) is 0 Å². The van der Waals surface area contributed by atoms with Crippen LogP contribution in [0.1, 0.15) is 15.9 Å². The second-order valence-corrected chi connectivity index (χ2v) is 4.82. The van der Waals surface area contributed by atoms with E-state index >= 15 is 0 Å². The van der Waals surface area contributed by atoms with E-state index in [4.69, 9.17) is 15.4 Å². The molecule has 7 nitrogen and oxygen atoms in total. The number of hydrogen-bond acceptors (Lipinski definition) is 5. The highest BCUT2D eigenvalue weighted by molar-refractivity contribution is 7.47. The van der Waals surface area contributed by atoms with E-state index < -0.39 is 13.8 Å². The van der Waals surface area contributed by atoms with Gasteiger partial charge in [-0.05, 0) is 17.7 Å². The van der Waals surface area contributed by atoms with Crippen LogP contribution >= 0.6 is 7.82 Å². The lowest BCUT2D eigenvalue weighted by Crippen LogP contribution is -2.08. The van der Waals surface area contributed by atoms with Gasteiger partial charge >= 0.3 is 13.8 Å². The Bertz CT molecular complexity index is 446. The Morgan fingerprint density at radius 3 is 2.39 bits per heavy atom. The molecule has 18 heavy (non-hydrogen) atoms. The minimum absolute atomic E-state index is 0.0776. The highest BCUT2D eigenvalue weighted by Gasteiger charge is 2.20. The van der Waals surface area contributed by atoms with Gasteiger partial charge in [0.05, 0.1) is 18.8 Å². The van der Waals surface area contributed by atoms with Gasteiger partial charge in [-0.1, -0.05) is 12.1 Å². The lowest BCUT2D eigenvalue weighted by Gasteiger charge is -2.11. The molecule has 1 atom stereocenters. The fraction of sp³-hybridized carbons (Fsp3) is 0.300. The summed E-state index contributed by atoms with van der Waals surface area (Å²) in [7, 11) is -4.10. The summed E-state index contributed by atoms with van der Waals surface area (Å²) in [5.74, 6) is -1.04. The second-order valence-electron chi connectivity index (χ2n) is 3.37. The summed E-state index contributed by atoms with van der Waals surface area (Å²) < 4.78 is 20.5. The highest BCUT2D eigenvalue weighted by atomic mass is 31.2. The van der Waals surface area contributed by atoms with Crippen molar-refractivity contribution in [2.45, 2.75) is 6.61 Å². The number of aromatic carboxylic acids is 1. The van der Waals surface area contributed by atoms with Gasteiger partial charge in [0, 0.05) is 6.54 Å². The molecule has 0 aliphatic rings. The lowest BCUT2D eigenvalue weighted by atomic mass is 10.1. The molecule has 0 saturated heterocycles. The molecule has 0 amide bonds. The molecule has 0 aliphatic heterocycles. The smallest absolute Gasteiger partial charge is 0.472 e. The van der Waals surface area contributed by atoms with Gasteiger partial charge in [0.2, 0.25) is 0 Å². The van der Waals surface area contributed by atoms with Crippen LogP contribution in [0.25, 0.3) is 0 Å². The minimum atomic E-state index is -4.10. The maximum Gasteiger partial charge on any atom is 0.472 e. The number of carboxylic acid groups (broad SMARTS) is 1. The van der Waals surface area contributed by atoms with Crippen molar-refractivity contribution in [1.29, 1.82) is 0 Å². The monoisotopic (exact) mass is 275 g/mol. The molecule has 0 fully saturated rings. The number of rotatable bonds is 7. The van der Waals surface area contributed by atoms with Crippen LogP contribution in [0.2, 0.25) is 0 Å². The summed E-state index contributed by atoms with van der Waals surface area (Å²) >= 11 is 0. The average Bonchev–Trinajstić information content (AvgIpc) is 2.35. The van der Waals surface area contributed by atoms with Crippen molar-refractivity contribution < 1.29 is 28.4 Å². The number of nitrogens with two attached hydrogens (primary N) is 1. The molecule has 0 saturated carbocycles. The van der Waals surface area contributed by atoms with Gasteiger partial charge in [0.25, 0.3) is 0 Å². The van der Waals surface area contributed by atoms with Crippen LogP contribution in [0.3, 0.4) is 0 Å². The summed E-state index contributed by atoms with van der Waals surface area (Å²) in [6, 6.07) is 5.74. The predicted molar refractivity (Wildman–Crippen MR) is 63.0 cm³/mol. The van der Waals surface area contributed by atoms with Gasteiger partial charge in [-0.3, -0.25) is 9.05 Å². The molecule has 100 valence electrons. The van der Waals surface area contributed by atoms with Crippen LogP contribution in [-0.2, 0) is 20.2 Å². The molecule has 0 spiro atoms. The van der Waals surface area contributed by atoms with E-state index in [1.165, 1.54) is 24.3 Å². The first-order valence-corrected chi connectivity index (χ1v) is 6.58. The normalized spacial score (nSPS) is 14.1. The number of hydrogen-bond donors (Lipinski definition) is 3. The fourth-order valence-corrected chi connectivity index (χ4v) is 1.83. The first-order valence-electron chi connectivity index (χ1n) is 5.09. The van der Waals surface area contributed by atoms with Crippen molar-refractivity contribution >= 4 is 13.8 Å². The molecule has 1 aromatic rings. The van der Waals surface area contributed by atoms with E-state index in [0.717, 1.165) is 0 Å². The maximum absolute atomic E-state index is 11.3.